The van der Waals surface area contributed by atoms with Crippen molar-refractivity contribution in [1.29, 1.82) is 0 Å². The molecule has 0 saturated heterocycles. The first-order valence-corrected chi connectivity index (χ1v) is 6.60. The highest BCUT2D eigenvalue weighted by Crippen LogP contribution is 2.30. The van der Waals surface area contributed by atoms with Crippen LogP contribution in [0, 0.1) is 0 Å². The van der Waals surface area contributed by atoms with Crippen LogP contribution in [0.1, 0.15) is 0 Å². The number of hydrogen-bond donors (Lipinski definition) is 2. The molecule has 1 aromatic carbocycles. The van der Waals surface area contributed by atoms with E-state index in [2.05, 4.69) is 31.0 Å². The average Bonchev–Trinajstić information content (AvgIpc) is 2.81. The van der Waals surface area contributed by atoms with Gasteiger partial charge in [-0.15, -0.1) is 0 Å². The standard InChI is InChI=1S/C12H10BrN5.CH4O/c1-18-12-9(11(14)15-6-16-12)10(17-18)7-2-4-8(13)5-3-7;1-2/h2-6H,1H3,(H2,14,15,16);2H,1H3. The van der Waals surface area contributed by atoms with Gasteiger partial charge in [-0.2, -0.15) is 5.10 Å². The smallest absolute Gasteiger partial charge is 0.163 e. The monoisotopic (exact) mass is 335 g/mol. The average molecular weight is 336 g/mol. The zero-order chi connectivity index (χ0) is 14.7. The van der Waals surface area contributed by atoms with Crippen molar-refractivity contribution in [2.24, 2.45) is 7.05 Å². The number of halogens is 1. The molecule has 0 aliphatic carbocycles. The van der Waals surface area contributed by atoms with Crippen molar-refractivity contribution >= 4 is 32.8 Å². The van der Waals surface area contributed by atoms with Gasteiger partial charge in [-0.3, -0.25) is 0 Å². The SMILES string of the molecule is CO.Cn1nc(-c2ccc(Br)cc2)c2c(N)ncnc21. The molecule has 7 heteroatoms. The van der Waals surface area contributed by atoms with Gasteiger partial charge in [0, 0.05) is 24.2 Å². The molecule has 0 radical (unpaired) electrons. The molecule has 6 nitrogen and oxygen atoms in total. The number of nitrogens with two attached hydrogens (primary N) is 1. The molecule has 20 heavy (non-hydrogen) atoms. The molecule has 0 aliphatic heterocycles. The third-order valence-electron chi connectivity index (χ3n) is 2.77. The number of aliphatic hydroxyl groups is 1. The molecule has 3 rings (SSSR count). The lowest BCUT2D eigenvalue weighted by atomic mass is 10.1. The Labute approximate surface area is 124 Å². The first-order chi connectivity index (χ1) is 9.66. The zero-order valence-corrected chi connectivity index (χ0v) is 12.7. The zero-order valence-electron chi connectivity index (χ0n) is 11.1. The van der Waals surface area contributed by atoms with Crippen molar-refractivity contribution in [3.8, 4) is 11.3 Å². The van der Waals surface area contributed by atoms with Crippen LogP contribution in [0.2, 0.25) is 0 Å². The second kappa shape index (κ2) is 5.98. The van der Waals surface area contributed by atoms with Crippen LogP contribution in [0.3, 0.4) is 0 Å². The molecule has 3 aromatic rings. The van der Waals surface area contributed by atoms with Crippen LogP contribution in [-0.2, 0) is 7.05 Å². The van der Waals surface area contributed by atoms with Gasteiger partial charge in [0.2, 0.25) is 0 Å². The molecule has 0 fully saturated rings. The minimum absolute atomic E-state index is 0.450. The number of aromatic nitrogens is 4. The second-order valence-corrected chi connectivity index (χ2v) is 4.85. The molecule has 2 heterocycles. The molecule has 0 atom stereocenters. The second-order valence-electron chi connectivity index (χ2n) is 3.94. The molecule has 0 unspecified atom stereocenters. The third kappa shape index (κ3) is 2.50. The highest BCUT2D eigenvalue weighted by atomic mass is 79.9. The third-order valence-corrected chi connectivity index (χ3v) is 3.30. The molecule has 104 valence electrons. The van der Waals surface area contributed by atoms with E-state index in [1.165, 1.54) is 6.33 Å². The summed E-state index contributed by atoms with van der Waals surface area (Å²) in [6.07, 6.45) is 1.45. The molecule has 0 spiro atoms. The van der Waals surface area contributed by atoms with E-state index in [1.807, 2.05) is 31.3 Å². The Morgan fingerprint density at radius 2 is 1.80 bits per heavy atom. The quantitative estimate of drug-likeness (QED) is 0.709. The van der Waals surface area contributed by atoms with Crippen molar-refractivity contribution in [2.75, 3.05) is 12.8 Å². The molecule has 0 saturated carbocycles. The summed E-state index contributed by atoms with van der Waals surface area (Å²) < 4.78 is 2.74. The van der Waals surface area contributed by atoms with E-state index in [4.69, 9.17) is 10.8 Å². The maximum absolute atomic E-state index is 7.00. The molecule has 3 N–H and O–H groups in total. The number of fused-ring (bicyclic) bond motifs is 1. The first kappa shape index (κ1) is 14.4. The van der Waals surface area contributed by atoms with Crippen LogP contribution < -0.4 is 5.73 Å². The predicted octanol–water partition coefficient (Wildman–Crippen LogP) is 1.98. The number of nitrogen functional groups attached to an aromatic ring is 1. The van der Waals surface area contributed by atoms with Gasteiger partial charge in [-0.05, 0) is 12.1 Å². The van der Waals surface area contributed by atoms with E-state index >= 15 is 0 Å². The van der Waals surface area contributed by atoms with Gasteiger partial charge in [-0.25, -0.2) is 14.6 Å². The Balaban J connectivity index is 0.000000704. The topological polar surface area (TPSA) is 89.8 Å². The maximum Gasteiger partial charge on any atom is 0.163 e. The predicted molar refractivity (Wildman–Crippen MR) is 82.0 cm³/mol. The number of hydrogen-bond acceptors (Lipinski definition) is 5. The number of nitrogens with zero attached hydrogens (tertiary/aromatic N) is 4. The van der Waals surface area contributed by atoms with Gasteiger partial charge in [0.25, 0.3) is 0 Å². The Bertz CT molecular complexity index is 723. The highest BCUT2D eigenvalue weighted by molar-refractivity contribution is 9.10. The molecular formula is C13H14BrN5O. The lowest BCUT2D eigenvalue weighted by Gasteiger charge is -1.99. The normalized spacial score (nSPS) is 10.2. The number of rotatable bonds is 1. The van der Waals surface area contributed by atoms with E-state index in [-0.39, 0.29) is 0 Å². The molecule has 0 aliphatic rings. The van der Waals surface area contributed by atoms with Crippen LogP contribution in [0.4, 0.5) is 5.82 Å². The van der Waals surface area contributed by atoms with Crippen LogP contribution in [-0.4, -0.2) is 32.0 Å². The van der Waals surface area contributed by atoms with Gasteiger partial charge in [-0.1, -0.05) is 28.1 Å². The summed E-state index contributed by atoms with van der Waals surface area (Å²) in [6, 6.07) is 7.91. The van der Waals surface area contributed by atoms with E-state index in [1.54, 1.807) is 4.68 Å². The summed E-state index contributed by atoms with van der Waals surface area (Å²) >= 11 is 3.41. The van der Waals surface area contributed by atoms with Gasteiger partial charge in [0.05, 0.1) is 5.39 Å². The largest absolute Gasteiger partial charge is 0.400 e. The fraction of sp³-hybridized carbons (Fsp3) is 0.154. The summed E-state index contributed by atoms with van der Waals surface area (Å²) in [5.41, 5.74) is 8.46. The number of aliphatic hydroxyl groups excluding tert-OH is 1. The van der Waals surface area contributed by atoms with Crippen molar-refractivity contribution in [1.82, 2.24) is 19.7 Å². The van der Waals surface area contributed by atoms with E-state index < -0.39 is 0 Å². The van der Waals surface area contributed by atoms with Crippen molar-refractivity contribution < 1.29 is 5.11 Å². The van der Waals surface area contributed by atoms with E-state index in [9.17, 15) is 0 Å². The fourth-order valence-corrected chi connectivity index (χ4v) is 2.18. The Morgan fingerprint density at radius 1 is 1.15 bits per heavy atom. The number of benzene rings is 1. The Hall–Kier alpha value is -1.99. The lowest BCUT2D eigenvalue weighted by molar-refractivity contribution is 0.399. The minimum Gasteiger partial charge on any atom is -0.400 e. The summed E-state index contributed by atoms with van der Waals surface area (Å²) in [5.74, 6) is 0.450. The van der Waals surface area contributed by atoms with E-state index in [0.717, 1.165) is 33.9 Å². The van der Waals surface area contributed by atoms with Crippen molar-refractivity contribution in [3.05, 3.63) is 35.1 Å². The Kier molecular flexibility index (Phi) is 4.31. The van der Waals surface area contributed by atoms with Crippen LogP contribution >= 0.6 is 15.9 Å². The van der Waals surface area contributed by atoms with Gasteiger partial charge >= 0.3 is 0 Å². The van der Waals surface area contributed by atoms with Gasteiger partial charge < -0.3 is 10.8 Å². The van der Waals surface area contributed by atoms with Gasteiger partial charge in [0.15, 0.2) is 5.65 Å². The Morgan fingerprint density at radius 3 is 2.45 bits per heavy atom. The molecule has 0 amide bonds. The first-order valence-electron chi connectivity index (χ1n) is 5.80. The van der Waals surface area contributed by atoms with Gasteiger partial charge in [0.1, 0.15) is 17.8 Å². The summed E-state index contributed by atoms with van der Waals surface area (Å²) in [6.45, 7) is 0. The van der Waals surface area contributed by atoms with Crippen LogP contribution in [0.25, 0.3) is 22.3 Å². The highest BCUT2D eigenvalue weighted by Gasteiger charge is 2.14. The summed E-state index contributed by atoms with van der Waals surface area (Å²) in [5, 5.41) is 12.3. The van der Waals surface area contributed by atoms with Crippen LogP contribution in [0.5, 0.6) is 0 Å². The summed E-state index contributed by atoms with van der Waals surface area (Å²) in [7, 11) is 2.84. The number of anilines is 1. The molecule has 0 bridgehead atoms. The van der Waals surface area contributed by atoms with Crippen molar-refractivity contribution in [3.63, 3.8) is 0 Å². The molecule has 2 aromatic heterocycles. The number of aryl methyl sites for hydroxylation is 1. The van der Waals surface area contributed by atoms with Crippen molar-refractivity contribution in [2.45, 2.75) is 0 Å². The molecular weight excluding hydrogens is 322 g/mol. The summed E-state index contributed by atoms with van der Waals surface area (Å²) in [4.78, 5) is 8.23. The maximum atomic E-state index is 7.00. The minimum atomic E-state index is 0.450. The lowest BCUT2D eigenvalue weighted by Crippen LogP contribution is -1.95. The van der Waals surface area contributed by atoms with E-state index in [0.29, 0.717) is 5.82 Å². The van der Waals surface area contributed by atoms with Crippen LogP contribution in [0.15, 0.2) is 35.1 Å². The fourth-order valence-electron chi connectivity index (χ4n) is 1.92.